The molecular weight excluding hydrogens is 627 g/mol. The Morgan fingerprint density at radius 2 is 1.62 bits per heavy atom. The summed E-state index contributed by atoms with van der Waals surface area (Å²) in [5.74, 6) is -0.0411. The summed E-state index contributed by atoms with van der Waals surface area (Å²) in [5.41, 5.74) is 7.90. The van der Waals surface area contributed by atoms with Crippen LogP contribution in [0.3, 0.4) is 0 Å². The van der Waals surface area contributed by atoms with Gasteiger partial charge >= 0.3 is 5.06 Å². The molecular formula is C31H53N5O6SSi2. The number of imidazole rings is 1. The van der Waals surface area contributed by atoms with Crippen molar-refractivity contribution in [1.29, 1.82) is 0 Å². The van der Waals surface area contributed by atoms with Crippen molar-refractivity contribution in [2.24, 2.45) is 10.7 Å². The first-order valence-corrected chi connectivity index (χ1v) is 22.8. The summed E-state index contributed by atoms with van der Waals surface area (Å²) in [6, 6.07) is 3.52. The maximum Gasteiger partial charge on any atom is 0.315 e. The number of aliphatic hydroxyl groups is 1. The number of aromatic nitrogens is 2. The fourth-order valence-electron chi connectivity index (χ4n) is 5.43. The Balaban J connectivity index is 1.74. The zero-order valence-electron chi connectivity index (χ0n) is 29.2. The molecule has 0 aliphatic carbocycles. The highest BCUT2D eigenvalue weighted by atomic mass is 32.2. The minimum Gasteiger partial charge on any atom is -0.414 e. The van der Waals surface area contributed by atoms with Gasteiger partial charge in [-0.05, 0) is 68.2 Å². The number of aryl methyl sites for hydroxylation is 3. The largest absolute Gasteiger partial charge is 0.414 e. The number of nitrogens with two attached hydrogens (primary N) is 1. The summed E-state index contributed by atoms with van der Waals surface area (Å²) in [6.07, 6.45) is 0.713. The SMILES string of the molecule is Cc1cc(C)c(S(=O)(=O)C2(O)N=C(N)Nc3c2ncn3[C@H]2C[C@H](O[Si](C)(C)C(C)(C)C)[C@@H](CO[Si](C)(C)C(C)(C)C)O2)c(C)c1. The molecule has 1 aromatic heterocycles. The number of guanidine groups is 1. The van der Waals surface area contributed by atoms with Crippen molar-refractivity contribution in [2.75, 3.05) is 11.9 Å². The Bertz CT molecular complexity index is 1570. The Labute approximate surface area is 271 Å². The monoisotopic (exact) mass is 679 g/mol. The number of aliphatic imine (C=N–C) groups is 1. The van der Waals surface area contributed by atoms with Crippen LogP contribution in [0.5, 0.6) is 0 Å². The molecule has 252 valence electrons. The third-order valence-corrected chi connectivity index (χ3v) is 21.2. The number of sulfone groups is 1. The van der Waals surface area contributed by atoms with Crippen LogP contribution in [0.15, 0.2) is 28.3 Å². The highest BCUT2D eigenvalue weighted by Crippen LogP contribution is 2.46. The van der Waals surface area contributed by atoms with E-state index in [1.54, 1.807) is 30.5 Å². The quantitative estimate of drug-likeness (QED) is 0.293. The minimum absolute atomic E-state index is 0.00246. The lowest BCUT2D eigenvalue weighted by atomic mass is 10.1. The Kier molecular flexibility index (Phi) is 9.19. The molecule has 3 heterocycles. The highest BCUT2D eigenvalue weighted by molar-refractivity contribution is 7.92. The zero-order chi connectivity index (χ0) is 34.1. The molecule has 0 radical (unpaired) electrons. The van der Waals surface area contributed by atoms with Crippen LogP contribution < -0.4 is 11.1 Å². The second-order valence-electron chi connectivity index (χ2n) is 15.7. The first-order chi connectivity index (χ1) is 20.3. The van der Waals surface area contributed by atoms with Gasteiger partial charge in [0.15, 0.2) is 28.3 Å². The van der Waals surface area contributed by atoms with Crippen molar-refractivity contribution in [3.63, 3.8) is 0 Å². The summed E-state index contributed by atoms with van der Waals surface area (Å²) in [7, 11) is -8.79. The molecule has 1 unspecified atom stereocenters. The molecule has 1 fully saturated rings. The van der Waals surface area contributed by atoms with Gasteiger partial charge in [-0.3, -0.25) is 4.57 Å². The normalized spacial score (nSPS) is 24.8. The molecule has 2 aliphatic rings. The van der Waals surface area contributed by atoms with E-state index >= 15 is 0 Å². The van der Waals surface area contributed by atoms with Crippen molar-refractivity contribution >= 4 is 38.2 Å². The Morgan fingerprint density at radius 1 is 1.07 bits per heavy atom. The fraction of sp³-hybridized carbons (Fsp3) is 0.677. The predicted molar refractivity (Wildman–Crippen MR) is 183 cm³/mol. The van der Waals surface area contributed by atoms with E-state index in [4.69, 9.17) is 19.3 Å². The number of fused-ring (bicyclic) bond motifs is 1. The van der Waals surface area contributed by atoms with E-state index in [1.165, 1.54) is 6.33 Å². The van der Waals surface area contributed by atoms with Gasteiger partial charge in [-0.15, -0.1) is 0 Å². The molecule has 45 heavy (non-hydrogen) atoms. The first kappa shape index (κ1) is 35.8. The van der Waals surface area contributed by atoms with Crippen LogP contribution in [-0.4, -0.2) is 64.5 Å². The van der Waals surface area contributed by atoms with Gasteiger partial charge in [0.05, 0.1) is 23.9 Å². The number of nitrogens with one attached hydrogen (secondary N) is 1. The Morgan fingerprint density at radius 3 is 2.16 bits per heavy atom. The fourth-order valence-corrected chi connectivity index (χ4v) is 9.68. The lowest BCUT2D eigenvalue weighted by Crippen LogP contribution is -2.48. The molecule has 1 aromatic carbocycles. The van der Waals surface area contributed by atoms with Gasteiger partial charge in [0, 0.05) is 6.42 Å². The number of benzene rings is 1. The van der Waals surface area contributed by atoms with Gasteiger partial charge < -0.3 is 29.7 Å². The third kappa shape index (κ3) is 6.43. The standard InChI is InChI=1S/C31H53N5O6SSi2/c1-19-14-20(2)25(21(3)15-19)43(38,39)31(37)26-27(34-28(32)35-31)36(18-33-26)24-16-22(42-45(12,13)30(7,8)9)23(41-24)17-40-44(10,11)29(4,5)6/h14-15,18,22-24,37H,16-17H2,1-13H3,(H3,32,34,35)/t22-,23+,24+,31?/m0/s1. The lowest BCUT2D eigenvalue weighted by molar-refractivity contribution is -0.0389. The molecule has 0 saturated carbocycles. The van der Waals surface area contributed by atoms with Gasteiger partial charge in [0.1, 0.15) is 18.1 Å². The van der Waals surface area contributed by atoms with E-state index in [9.17, 15) is 13.5 Å². The van der Waals surface area contributed by atoms with Gasteiger partial charge in [-0.2, -0.15) is 4.99 Å². The van der Waals surface area contributed by atoms with Gasteiger partial charge in [0.2, 0.25) is 9.84 Å². The van der Waals surface area contributed by atoms with Gasteiger partial charge in [-0.1, -0.05) is 59.2 Å². The lowest BCUT2D eigenvalue weighted by Gasteiger charge is -2.40. The number of ether oxygens (including phenoxy) is 1. The predicted octanol–water partition coefficient (Wildman–Crippen LogP) is 5.82. The number of rotatable bonds is 8. The van der Waals surface area contributed by atoms with Crippen LogP contribution in [0.25, 0.3) is 0 Å². The summed E-state index contributed by atoms with van der Waals surface area (Å²) in [5, 5.41) is 12.1. The average molecular weight is 680 g/mol. The van der Waals surface area contributed by atoms with Crippen molar-refractivity contribution in [3.05, 3.63) is 40.8 Å². The second kappa shape index (κ2) is 11.6. The second-order valence-corrected chi connectivity index (χ2v) is 27.2. The number of anilines is 1. The summed E-state index contributed by atoms with van der Waals surface area (Å²) in [4.78, 5) is 8.44. The topological polar surface area (TPSA) is 150 Å². The Hall–Kier alpha value is -2.08. The first-order valence-electron chi connectivity index (χ1n) is 15.5. The maximum atomic E-state index is 14.2. The summed E-state index contributed by atoms with van der Waals surface area (Å²) < 4.78 is 50.2. The minimum atomic E-state index is -4.50. The van der Waals surface area contributed by atoms with Crippen LogP contribution in [0, 0.1) is 20.8 Å². The van der Waals surface area contributed by atoms with Crippen molar-refractivity contribution in [2.45, 2.75) is 133 Å². The van der Waals surface area contributed by atoms with Crippen LogP contribution in [-0.2, 0) is 28.5 Å². The van der Waals surface area contributed by atoms with Crippen molar-refractivity contribution in [3.8, 4) is 0 Å². The molecule has 4 atom stereocenters. The maximum absolute atomic E-state index is 14.2. The molecule has 2 aliphatic heterocycles. The highest BCUT2D eigenvalue weighted by Gasteiger charge is 2.54. The van der Waals surface area contributed by atoms with E-state index in [-0.39, 0.29) is 44.7 Å². The van der Waals surface area contributed by atoms with Crippen molar-refractivity contribution in [1.82, 2.24) is 9.55 Å². The van der Waals surface area contributed by atoms with E-state index in [2.05, 4.69) is 83.0 Å². The summed E-state index contributed by atoms with van der Waals surface area (Å²) >= 11 is 0. The smallest absolute Gasteiger partial charge is 0.315 e. The van der Waals surface area contributed by atoms with Crippen LogP contribution in [0.4, 0.5) is 5.82 Å². The van der Waals surface area contributed by atoms with Gasteiger partial charge in [0.25, 0.3) is 0 Å². The van der Waals surface area contributed by atoms with E-state index in [0.717, 1.165) is 5.56 Å². The molecule has 1 saturated heterocycles. The summed E-state index contributed by atoms with van der Waals surface area (Å²) in [6.45, 7) is 27.7. The average Bonchev–Trinajstić information content (AvgIpc) is 3.44. The number of nitrogens with zero attached hydrogens (tertiary/aromatic N) is 3. The molecule has 4 rings (SSSR count). The molecule has 0 spiro atoms. The molecule has 0 amide bonds. The molecule has 0 bridgehead atoms. The van der Waals surface area contributed by atoms with Crippen molar-refractivity contribution < 1.29 is 27.1 Å². The molecule has 14 heteroatoms. The zero-order valence-corrected chi connectivity index (χ0v) is 32.0. The van der Waals surface area contributed by atoms with E-state index in [1.807, 2.05) is 6.92 Å². The molecule has 2 aromatic rings. The molecule has 4 N–H and O–H groups in total. The number of hydrogen-bond donors (Lipinski definition) is 3. The third-order valence-electron chi connectivity index (χ3n) is 10.0. The van der Waals surface area contributed by atoms with Gasteiger partial charge in [-0.25, -0.2) is 13.4 Å². The van der Waals surface area contributed by atoms with E-state index in [0.29, 0.717) is 24.2 Å². The molecule has 11 nitrogen and oxygen atoms in total. The van der Waals surface area contributed by atoms with Crippen LogP contribution in [0.1, 0.15) is 76.6 Å². The van der Waals surface area contributed by atoms with E-state index < -0.39 is 37.8 Å². The van der Waals surface area contributed by atoms with Crippen LogP contribution >= 0.6 is 0 Å². The van der Waals surface area contributed by atoms with Crippen LogP contribution in [0.2, 0.25) is 36.3 Å². The number of hydrogen-bond acceptors (Lipinski definition) is 10.